The van der Waals surface area contributed by atoms with E-state index in [0.717, 1.165) is 9.04 Å². The zero-order chi connectivity index (χ0) is 9.42. The minimum Gasteiger partial charge on any atom is -0.464 e. The maximum absolute atomic E-state index is 10.7. The molecule has 1 aromatic heterocycles. The van der Waals surface area contributed by atoms with Crippen LogP contribution in [0.1, 0.15) is 0 Å². The SMILES string of the molecule is O=C(O)n1cnc2cc(Br)ccc21. The van der Waals surface area contributed by atoms with Crippen LogP contribution in [0.3, 0.4) is 0 Å². The van der Waals surface area contributed by atoms with E-state index >= 15 is 0 Å². The molecule has 0 aliphatic carbocycles. The molecular weight excluding hydrogens is 236 g/mol. The Kier molecular flexibility index (Phi) is 1.81. The molecule has 2 aromatic rings. The number of carbonyl (C=O) groups is 1. The molecule has 0 saturated heterocycles. The van der Waals surface area contributed by atoms with E-state index in [-0.39, 0.29) is 0 Å². The molecule has 0 amide bonds. The standard InChI is InChI=1S/C8H5BrN2O2/c9-5-1-2-7-6(3-5)10-4-11(7)8(12)13/h1-4H,(H,12,13). The van der Waals surface area contributed by atoms with Gasteiger partial charge in [0.05, 0.1) is 11.0 Å². The molecular formula is C8H5BrN2O2. The summed E-state index contributed by atoms with van der Waals surface area (Å²) in [5.74, 6) is 0. The Hall–Kier alpha value is -1.36. The first-order valence-electron chi connectivity index (χ1n) is 3.54. The number of carboxylic acid groups (broad SMARTS) is 1. The molecule has 0 saturated carbocycles. The lowest BCUT2D eigenvalue weighted by molar-refractivity contribution is 0.197. The normalized spacial score (nSPS) is 10.5. The first-order chi connectivity index (χ1) is 6.18. The second-order valence-electron chi connectivity index (χ2n) is 2.53. The van der Waals surface area contributed by atoms with Crippen LogP contribution in [0.15, 0.2) is 29.0 Å². The fourth-order valence-electron chi connectivity index (χ4n) is 1.14. The van der Waals surface area contributed by atoms with Gasteiger partial charge in [0.25, 0.3) is 0 Å². The van der Waals surface area contributed by atoms with Gasteiger partial charge in [-0.05, 0) is 18.2 Å². The molecule has 0 radical (unpaired) electrons. The van der Waals surface area contributed by atoms with E-state index in [2.05, 4.69) is 20.9 Å². The number of benzene rings is 1. The molecule has 1 N–H and O–H groups in total. The molecule has 0 spiro atoms. The van der Waals surface area contributed by atoms with E-state index in [1.807, 2.05) is 0 Å². The Balaban J connectivity index is 2.76. The number of imidazole rings is 1. The number of fused-ring (bicyclic) bond motifs is 1. The smallest absolute Gasteiger partial charge is 0.417 e. The average Bonchev–Trinajstić information content (AvgIpc) is 2.46. The predicted octanol–water partition coefficient (Wildman–Crippen LogP) is 2.32. The van der Waals surface area contributed by atoms with Gasteiger partial charge in [-0.15, -0.1) is 0 Å². The molecule has 4 nitrogen and oxygen atoms in total. The van der Waals surface area contributed by atoms with Gasteiger partial charge in [-0.3, -0.25) is 0 Å². The largest absolute Gasteiger partial charge is 0.464 e. The quantitative estimate of drug-likeness (QED) is 0.769. The van der Waals surface area contributed by atoms with Crippen LogP contribution in [0, 0.1) is 0 Å². The molecule has 13 heavy (non-hydrogen) atoms. The van der Waals surface area contributed by atoms with E-state index in [4.69, 9.17) is 5.11 Å². The molecule has 1 aromatic carbocycles. The summed E-state index contributed by atoms with van der Waals surface area (Å²) in [5, 5.41) is 8.75. The maximum Gasteiger partial charge on any atom is 0.417 e. The van der Waals surface area contributed by atoms with Gasteiger partial charge in [-0.25, -0.2) is 14.3 Å². The summed E-state index contributed by atoms with van der Waals surface area (Å²) >= 11 is 3.28. The van der Waals surface area contributed by atoms with Crippen molar-refractivity contribution in [3.63, 3.8) is 0 Å². The highest BCUT2D eigenvalue weighted by molar-refractivity contribution is 9.10. The molecule has 0 aliphatic rings. The lowest BCUT2D eigenvalue weighted by Crippen LogP contribution is -2.05. The van der Waals surface area contributed by atoms with Gasteiger partial charge in [-0.1, -0.05) is 15.9 Å². The van der Waals surface area contributed by atoms with Crippen LogP contribution in [-0.2, 0) is 0 Å². The van der Waals surface area contributed by atoms with Gasteiger partial charge < -0.3 is 5.11 Å². The summed E-state index contributed by atoms with van der Waals surface area (Å²) in [6.45, 7) is 0. The summed E-state index contributed by atoms with van der Waals surface area (Å²) in [7, 11) is 0. The molecule has 1 heterocycles. The number of rotatable bonds is 0. The minimum atomic E-state index is -1.02. The molecule has 0 fully saturated rings. The van der Waals surface area contributed by atoms with Crippen LogP contribution in [0.2, 0.25) is 0 Å². The number of halogens is 1. The molecule has 5 heteroatoms. The van der Waals surface area contributed by atoms with Crippen molar-refractivity contribution in [2.45, 2.75) is 0 Å². The first-order valence-corrected chi connectivity index (χ1v) is 4.33. The van der Waals surface area contributed by atoms with Gasteiger partial charge in [0.15, 0.2) is 0 Å². The van der Waals surface area contributed by atoms with E-state index in [0.29, 0.717) is 11.0 Å². The zero-order valence-corrected chi connectivity index (χ0v) is 8.02. The van der Waals surface area contributed by atoms with Gasteiger partial charge in [0.1, 0.15) is 6.33 Å². The van der Waals surface area contributed by atoms with Crippen molar-refractivity contribution in [3.8, 4) is 0 Å². The third kappa shape index (κ3) is 1.31. The van der Waals surface area contributed by atoms with Crippen molar-refractivity contribution < 1.29 is 9.90 Å². The van der Waals surface area contributed by atoms with Gasteiger partial charge >= 0.3 is 6.09 Å². The van der Waals surface area contributed by atoms with Crippen LogP contribution >= 0.6 is 15.9 Å². The van der Waals surface area contributed by atoms with Crippen LogP contribution in [0.25, 0.3) is 11.0 Å². The molecule has 0 atom stereocenters. The Morgan fingerprint density at radius 1 is 1.54 bits per heavy atom. The van der Waals surface area contributed by atoms with Gasteiger partial charge in [0, 0.05) is 4.47 Å². The van der Waals surface area contributed by atoms with Crippen LogP contribution in [-0.4, -0.2) is 20.8 Å². The monoisotopic (exact) mass is 240 g/mol. The molecule has 0 unspecified atom stereocenters. The third-order valence-corrected chi connectivity index (χ3v) is 2.21. The lowest BCUT2D eigenvalue weighted by atomic mass is 10.3. The van der Waals surface area contributed by atoms with Crippen molar-refractivity contribution in [2.75, 3.05) is 0 Å². The second kappa shape index (κ2) is 2.85. The van der Waals surface area contributed by atoms with Crippen molar-refractivity contribution in [1.82, 2.24) is 9.55 Å². The van der Waals surface area contributed by atoms with E-state index < -0.39 is 6.09 Å². The Bertz CT molecular complexity index is 478. The summed E-state index contributed by atoms with van der Waals surface area (Å²) in [6, 6.07) is 5.26. The number of hydrogen-bond donors (Lipinski definition) is 1. The van der Waals surface area contributed by atoms with Crippen molar-refractivity contribution in [1.29, 1.82) is 0 Å². The van der Waals surface area contributed by atoms with Crippen LogP contribution < -0.4 is 0 Å². The Morgan fingerprint density at radius 3 is 3.00 bits per heavy atom. The minimum absolute atomic E-state index is 0.593. The van der Waals surface area contributed by atoms with E-state index in [1.165, 1.54) is 6.33 Å². The predicted molar refractivity (Wildman–Crippen MR) is 50.9 cm³/mol. The summed E-state index contributed by atoms with van der Waals surface area (Å²) in [4.78, 5) is 14.6. The van der Waals surface area contributed by atoms with Crippen LogP contribution in [0.4, 0.5) is 4.79 Å². The fourth-order valence-corrected chi connectivity index (χ4v) is 1.49. The number of nitrogens with zero attached hydrogens (tertiary/aromatic N) is 2. The molecule has 2 rings (SSSR count). The average molecular weight is 241 g/mol. The first kappa shape index (κ1) is 8.25. The maximum atomic E-state index is 10.7. The van der Waals surface area contributed by atoms with E-state index in [1.54, 1.807) is 18.2 Å². The van der Waals surface area contributed by atoms with Crippen molar-refractivity contribution in [2.24, 2.45) is 0 Å². The van der Waals surface area contributed by atoms with Crippen molar-refractivity contribution in [3.05, 3.63) is 29.0 Å². The Morgan fingerprint density at radius 2 is 2.31 bits per heavy atom. The number of aromatic nitrogens is 2. The summed E-state index contributed by atoms with van der Waals surface area (Å²) < 4.78 is 1.97. The highest BCUT2D eigenvalue weighted by Gasteiger charge is 2.07. The molecule has 0 aliphatic heterocycles. The Labute approximate surface area is 81.9 Å². The topological polar surface area (TPSA) is 55.1 Å². The highest BCUT2D eigenvalue weighted by atomic mass is 79.9. The summed E-state index contributed by atoms with van der Waals surface area (Å²) in [6.07, 6.45) is 0.268. The van der Waals surface area contributed by atoms with Crippen LogP contribution in [0.5, 0.6) is 0 Å². The fraction of sp³-hybridized carbons (Fsp3) is 0. The summed E-state index contributed by atoms with van der Waals surface area (Å²) in [5.41, 5.74) is 1.26. The zero-order valence-electron chi connectivity index (χ0n) is 6.44. The lowest BCUT2D eigenvalue weighted by Gasteiger charge is -1.95. The second-order valence-corrected chi connectivity index (χ2v) is 3.45. The molecule has 0 bridgehead atoms. The van der Waals surface area contributed by atoms with Gasteiger partial charge in [0.2, 0.25) is 0 Å². The number of hydrogen-bond acceptors (Lipinski definition) is 2. The highest BCUT2D eigenvalue weighted by Crippen LogP contribution is 2.18. The van der Waals surface area contributed by atoms with Gasteiger partial charge in [-0.2, -0.15) is 0 Å². The molecule has 66 valence electrons. The van der Waals surface area contributed by atoms with Crippen molar-refractivity contribution >= 4 is 33.1 Å². The third-order valence-electron chi connectivity index (χ3n) is 1.72. The van der Waals surface area contributed by atoms with E-state index in [9.17, 15) is 4.79 Å².